The van der Waals surface area contributed by atoms with Crippen LogP contribution in [0.15, 0.2) is 24.3 Å². The molecule has 0 radical (unpaired) electrons. The molecule has 0 amide bonds. The highest BCUT2D eigenvalue weighted by molar-refractivity contribution is 5.85. The minimum absolute atomic E-state index is 0. The van der Waals surface area contributed by atoms with Crippen molar-refractivity contribution in [3.05, 3.63) is 41.0 Å². The van der Waals surface area contributed by atoms with Crippen molar-refractivity contribution in [1.29, 1.82) is 0 Å². The Kier molecular flexibility index (Phi) is 6.52. The van der Waals surface area contributed by atoms with E-state index < -0.39 is 6.10 Å². The molecule has 3 nitrogen and oxygen atoms in total. The molecule has 1 atom stereocenters. The molecule has 0 aromatic heterocycles. The molecule has 0 bridgehead atoms. The molecule has 106 valence electrons. The van der Waals surface area contributed by atoms with Gasteiger partial charge in [-0.15, -0.1) is 12.4 Å². The van der Waals surface area contributed by atoms with Crippen molar-refractivity contribution in [1.82, 2.24) is 4.90 Å². The van der Waals surface area contributed by atoms with E-state index in [1.54, 1.807) is 0 Å². The van der Waals surface area contributed by atoms with Gasteiger partial charge >= 0.3 is 0 Å². The number of rotatable bonds is 6. The SMILES string of the molecule is CN(C)CCOCC(O)c1ccc2c(c1)CC=C2.Cl. The summed E-state index contributed by atoms with van der Waals surface area (Å²) in [4.78, 5) is 2.06. The minimum Gasteiger partial charge on any atom is -0.386 e. The second-order valence-electron chi connectivity index (χ2n) is 4.96. The maximum absolute atomic E-state index is 10.1. The number of ether oxygens (including phenoxy) is 1. The van der Waals surface area contributed by atoms with Gasteiger partial charge in [0, 0.05) is 6.54 Å². The van der Waals surface area contributed by atoms with Gasteiger partial charge in [-0.3, -0.25) is 0 Å². The van der Waals surface area contributed by atoms with Gasteiger partial charge in [0.15, 0.2) is 0 Å². The Balaban J connectivity index is 0.00000180. The summed E-state index contributed by atoms with van der Waals surface area (Å²) >= 11 is 0. The van der Waals surface area contributed by atoms with Crippen LogP contribution >= 0.6 is 12.4 Å². The highest BCUT2D eigenvalue weighted by atomic mass is 35.5. The summed E-state index contributed by atoms with van der Waals surface area (Å²) < 4.78 is 5.47. The predicted octanol–water partition coefficient (Wildman–Crippen LogP) is 2.29. The van der Waals surface area contributed by atoms with E-state index >= 15 is 0 Å². The summed E-state index contributed by atoms with van der Waals surface area (Å²) in [5.41, 5.74) is 3.50. The molecule has 0 spiro atoms. The third-order valence-electron chi connectivity index (χ3n) is 3.15. The molecule has 1 N–H and O–H groups in total. The molecule has 1 aromatic rings. The molecule has 0 aliphatic heterocycles. The maximum atomic E-state index is 10.1. The maximum Gasteiger partial charge on any atom is 0.102 e. The van der Waals surface area contributed by atoms with Gasteiger partial charge in [-0.25, -0.2) is 0 Å². The van der Waals surface area contributed by atoms with E-state index in [0.29, 0.717) is 13.2 Å². The van der Waals surface area contributed by atoms with Crippen molar-refractivity contribution >= 4 is 18.5 Å². The summed E-state index contributed by atoms with van der Waals surface area (Å²) in [6.45, 7) is 1.89. The van der Waals surface area contributed by atoms with E-state index in [2.05, 4.69) is 29.2 Å². The predicted molar refractivity (Wildman–Crippen MR) is 80.8 cm³/mol. The van der Waals surface area contributed by atoms with Crippen LogP contribution < -0.4 is 0 Å². The van der Waals surface area contributed by atoms with Crippen molar-refractivity contribution in [2.24, 2.45) is 0 Å². The Morgan fingerprint density at radius 2 is 2.16 bits per heavy atom. The molecular formula is C15H22ClNO2. The van der Waals surface area contributed by atoms with Crippen LogP contribution in [0.2, 0.25) is 0 Å². The van der Waals surface area contributed by atoms with Gasteiger partial charge in [-0.2, -0.15) is 0 Å². The second-order valence-corrected chi connectivity index (χ2v) is 4.96. The molecule has 4 heteroatoms. The molecule has 1 aliphatic carbocycles. The summed E-state index contributed by atoms with van der Waals surface area (Å²) in [5, 5.41) is 10.1. The van der Waals surface area contributed by atoms with Gasteiger partial charge in [0.05, 0.1) is 13.2 Å². The van der Waals surface area contributed by atoms with Crippen molar-refractivity contribution in [2.75, 3.05) is 33.9 Å². The van der Waals surface area contributed by atoms with Crippen LogP contribution in [0, 0.1) is 0 Å². The molecule has 0 saturated carbocycles. The molecule has 2 rings (SSSR count). The molecule has 1 aliphatic rings. The lowest BCUT2D eigenvalue weighted by Gasteiger charge is -2.14. The third-order valence-corrected chi connectivity index (χ3v) is 3.15. The second kappa shape index (κ2) is 7.65. The number of halogens is 1. The number of allylic oxidation sites excluding steroid dienone is 1. The monoisotopic (exact) mass is 283 g/mol. The largest absolute Gasteiger partial charge is 0.386 e. The topological polar surface area (TPSA) is 32.7 Å². The van der Waals surface area contributed by atoms with Crippen molar-refractivity contribution < 1.29 is 9.84 Å². The number of aliphatic hydroxyl groups excluding tert-OH is 1. The Bertz CT molecular complexity index is 432. The fraction of sp³-hybridized carbons (Fsp3) is 0.467. The number of hydrogen-bond acceptors (Lipinski definition) is 3. The van der Waals surface area contributed by atoms with Crippen LogP contribution in [-0.4, -0.2) is 43.9 Å². The highest BCUT2D eigenvalue weighted by Crippen LogP contribution is 2.23. The number of likely N-dealkylation sites (N-methyl/N-ethyl adjacent to an activating group) is 1. The first-order valence-electron chi connectivity index (χ1n) is 6.36. The summed E-state index contributed by atoms with van der Waals surface area (Å²) in [7, 11) is 4.01. The molecule has 0 fully saturated rings. The molecule has 19 heavy (non-hydrogen) atoms. The zero-order valence-electron chi connectivity index (χ0n) is 11.5. The van der Waals surface area contributed by atoms with Gasteiger partial charge in [0.25, 0.3) is 0 Å². The van der Waals surface area contributed by atoms with E-state index in [1.165, 1.54) is 11.1 Å². The zero-order valence-corrected chi connectivity index (χ0v) is 12.3. The number of nitrogens with zero attached hydrogens (tertiary/aromatic N) is 1. The number of hydrogen-bond donors (Lipinski definition) is 1. The van der Waals surface area contributed by atoms with Crippen LogP contribution in [0.4, 0.5) is 0 Å². The molecule has 1 aromatic carbocycles. The van der Waals surface area contributed by atoms with Gasteiger partial charge in [-0.05, 0) is 37.2 Å². The first-order chi connectivity index (χ1) is 8.66. The Labute approximate surface area is 121 Å². The molecule has 0 saturated heterocycles. The van der Waals surface area contributed by atoms with E-state index in [4.69, 9.17) is 4.74 Å². The smallest absolute Gasteiger partial charge is 0.102 e. The van der Waals surface area contributed by atoms with Gasteiger partial charge in [0.1, 0.15) is 6.10 Å². The van der Waals surface area contributed by atoms with Crippen molar-refractivity contribution in [2.45, 2.75) is 12.5 Å². The van der Waals surface area contributed by atoms with Crippen LogP contribution in [0.3, 0.4) is 0 Å². The standard InChI is InChI=1S/C15H21NO2.ClH/c1-16(2)8-9-18-11-15(17)14-7-6-12-4-3-5-13(12)10-14;/h3-4,6-7,10,15,17H,5,8-9,11H2,1-2H3;1H. The minimum atomic E-state index is -0.530. The Morgan fingerprint density at radius 3 is 2.89 bits per heavy atom. The van der Waals surface area contributed by atoms with Gasteiger partial charge in [0.2, 0.25) is 0 Å². The average molecular weight is 284 g/mol. The lowest BCUT2D eigenvalue weighted by molar-refractivity contribution is 0.0306. The first-order valence-corrected chi connectivity index (χ1v) is 6.36. The fourth-order valence-corrected chi connectivity index (χ4v) is 2.02. The molecular weight excluding hydrogens is 262 g/mol. The summed E-state index contributed by atoms with van der Waals surface area (Å²) in [5.74, 6) is 0. The normalized spacial score (nSPS) is 14.3. The highest BCUT2D eigenvalue weighted by Gasteiger charge is 2.11. The van der Waals surface area contributed by atoms with E-state index in [9.17, 15) is 5.11 Å². The number of aliphatic hydroxyl groups is 1. The van der Waals surface area contributed by atoms with Gasteiger partial charge in [-0.1, -0.05) is 30.4 Å². The number of fused-ring (bicyclic) bond motifs is 1. The average Bonchev–Trinajstić information content (AvgIpc) is 2.81. The Hall–Kier alpha value is -0.870. The fourth-order valence-electron chi connectivity index (χ4n) is 2.02. The first kappa shape index (κ1) is 16.2. The molecule has 1 unspecified atom stereocenters. The van der Waals surface area contributed by atoms with Crippen LogP contribution in [0.5, 0.6) is 0 Å². The number of benzene rings is 1. The lowest BCUT2D eigenvalue weighted by atomic mass is 10.0. The van der Waals surface area contributed by atoms with Gasteiger partial charge < -0.3 is 14.7 Å². The van der Waals surface area contributed by atoms with E-state index in [0.717, 1.165) is 18.5 Å². The van der Waals surface area contributed by atoms with Crippen molar-refractivity contribution in [3.63, 3.8) is 0 Å². The summed E-state index contributed by atoms with van der Waals surface area (Å²) in [6, 6.07) is 6.13. The third kappa shape index (κ3) is 4.62. The lowest BCUT2D eigenvalue weighted by Crippen LogP contribution is -2.19. The molecule has 0 heterocycles. The van der Waals surface area contributed by atoms with E-state index in [1.807, 2.05) is 20.2 Å². The quantitative estimate of drug-likeness (QED) is 0.813. The van der Waals surface area contributed by atoms with E-state index in [-0.39, 0.29) is 12.4 Å². The van der Waals surface area contributed by atoms with Crippen molar-refractivity contribution in [3.8, 4) is 0 Å². The summed E-state index contributed by atoms with van der Waals surface area (Å²) in [6.07, 6.45) is 4.71. The zero-order chi connectivity index (χ0) is 13.0. The van der Waals surface area contributed by atoms with Crippen LogP contribution in [0.1, 0.15) is 22.8 Å². The Morgan fingerprint density at radius 1 is 1.37 bits per heavy atom. The van der Waals surface area contributed by atoms with Crippen LogP contribution in [-0.2, 0) is 11.2 Å². The van der Waals surface area contributed by atoms with Crippen LogP contribution in [0.25, 0.3) is 6.08 Å².